The van der Waals surface area contributed by atoms with E-state index in [9.17, 15) is 9.90 Å². The van der Waals surface area contributed by atoms with Crippen molar-refractivity contribution in [1.29, 1.82) is 0 Å². The van der Waals surface area contributed by atoms with Crippen molar-refractivity contribution in [1.82, 2.24) is 9.80 Å². The van der Waals surface area contributed by atoms with Gasteiger partial charge >= 0.3 is 0 Å². The van der Waals surface area contributed by atoms with Crippen molar-refractivity contribution in [2.45, 2.75) is 38.3 Å². The lowest BCUT2D eigenvalue weighted by molar-refractivity contribution is -0.134. The van der Waals surface area contributed by atoms with Gasteiger partial charge in [-0.1, -0.05) is 19.1 Å². The SMILES string of the molecule is COc1cccc(C2CC(O)CN2C(=O)CN2CCC(C)CC2)c1. The molecule has 24 heavy (non-hydrogen) atoms. The summed E-state index contributed by atoms with van der Waals surface area (Å²) < 4.78 is 5.29. The second kappa shape index (κ2) is 7.53. The van der Waals surface area contributed by atoms with Gasteiger partial charge in [-0.3, -0.25) is 9.69 Å². The first-order chi connectivity index (χ1) is 11.6. The first kappa shape index (κ1) is 17.2. The van der Waals surface area contributed by atoms with Crippen LogP contribution in [0.3, 0.4) is 0 Å². The van der Waals surface area contributed by atoms with Crippen LogP contribution in [0.5, 0.6) is 5.75 Å². The lowest BCUT2D eigenvalue weighted by Gasteiger charge is -2.32. The summed E-state index contributed by atoms with van der Waals surface area (Å²) in [6.45, 7) is 5.14. The van der Waals surface area contributed by atoms with Gasteiger partial charge in [-0.2, -0.15) is 0 Å². The van der Waals surface area contributed by atoms with Gasteiger partial charge in [0.1, 0.15) is 5.75 Å². The van der Waals surface area contributed by atoms with Gasteiger partial charge in [0.15, 0.2) is 0 Å². The number of amides is 1. The summed E-state index contributed by atoms with van der Waals surface area (Å²) in [7, 11) is 1.64. The average molecular weight is 332 g/mol. The molecule has 0 spiro atoms. The number of hydrogen-bond acceptors (Lipinski definition) is 4. The molecule has 0 aliphatic carbocycles. The van der Waals surface area contributed by atoms with Crippen LogP contribution in [0.4, 0.5) is 0 Å². The molecule has 2 aliphatic heterocycles. The zero-order valence-electron chi connectivity index (χ0n) is 14.6. The van der Waals surface area contributed by atoms with E-state index in [2.05, 4.69) is 11.8 Å². The van der Waals surface area contributed by atoms with Crippen molar-refractivity contribution < 1.29 is 14.6 Å². The number of likely N-dealkylation sites (tertiary alicyclic amines) is 2. The molecule has 132 valence electrons. The molecular formula is C19H28N2O3. The molecule has 0 saturated carbocycles. The molecule has 5 nitrogen and oxygen atoms in total. The van der Waals surface area contributed by atoms with Crippen molar-refractivity contribution in [2.24, 2.45) is 5.92 Å². The molecule has 2 saturated heterocycles. The number of aliphatic hydroxyl groups excluding tert-OH is 1. The Morgan fingerprint density at radius 1 is 1.33 bits per heavy atom. The third-order valence-electron chi connectivity index (χ3n) is 5.31. The lowest BCUT2D eigenvalue weighted by Crippen LogP contribution is -2.43. The first-order valence-electron chi connectivity index (χ1n) is 8.90. The van der Waals surface area contributed by atoms with Gasteiger partial charge in [0.05, 0.1) is 25.8 Å². The van der Waals surface area contributed by atoms with E-state index in [-0.39, 0.29) is 11.9 Å². The fourth-order valence-corrected chi connectivity index (χ4v) is 3.76. The Bertz CT molecular complexity index is 569. The van der Waals surface area contributed by atoms with Crippen molar-refractivity contribution in [3.63, 3.8) is 0 Å². The molecule has 2 fully saturated rings. The van der Waals surface area contributed by atoms with E-state index < -0.39 is 6.10 Å². The van der Waals surface area contributed by atoms with Crippen LogP contribution < -0.4 is 4.74 Å². The van der Waals surface area contributed by atoms with E-state index in [4.69, 9.17) is 4.74 Å². The molecular weight excluding hydrogens is 304 g/mol. The number of benzene rings is 1. The second-order valence-electron chi connectivity index (χ2n) is 7.19. The maximum Gasteiger partial charge on any atom is 0.237 e. The van der Waals surface area contributed by atoms with Crippen LogP contribution in [-0.4, -0.2) is 60.2 Å². The highest BCUT2D eigenvalue weighted by Gasteiger charge is 2.36. The largest absolute Gasteiger partial charge is 0.497 e. The van der Waals surface area contributed by atoms with Crippen molar-refractivity contribution in [3.05, 3.63) is 29.8 Å². The smallest absolute Gasteiger partial charge is 0.237 e. The van der Waals surface area contributed by atoms with Crippen LogP contribution >= 0.6 is 0 Å². The number of carbonyl (C=O) groups excluding carboxylic acids is 1. The number of ether oxygens (including phenoxy) is 1. The standard InChI is InChI=1S/C19H28N2O3/c1-14-6-8-20(9-7-14)13-19(23)21-12-16(22)11-18(21)15-4-3-5-17(10-15)24-2/h3-5,10,14,16,18,22H,6-9,11-13H2,1-2H3. The van der Waals surface area contributed by atoms with Crippen LogP contribution in [0.25, 0.3) is 0 Å². The Labute approximate surface area is 144 Å². The summed E-state index contributed by atoms with van der Waals surface area (Å²) in [5, 5.41) is 10.1. The molecule has 0 aromatic heterocycles. The Morgan fingerprint density at radius 2 is 2.08 bits per heavy atom. The molecule has 2 aliphatic rings. The normalized spacial score (nSPS) is 25.9. The van der Waals surface area contributed by atoms with E-state index >= 15 is 0 Å². The minimum Gasteiger partial charge on any atom is -0.497 e. The molecule has 1 aromatic rings. The van der Waals surface area contributed by atoms with Crippen molar-refractivity contribution >= 4 is 5.91 Å². The fourth-order valence-electron chi connectivity index (χ4n) is 3.76. The molecule has 2 heterocycles. The third kappa shape index (κ3) is 3.90. The maximum absolute atomic E-state index is 12.8. The zero-order chi connectivity index (χ0) is 17.1. The molecule has 1 N–H and O–H groups in total. The predicted molar refractivity (Wildman–Crippen MR) is 92.9 cm³/mol. The number of hydrogen-bond donors (Lipinski definition) is 1. The van der Waals surface area contributed by atoms with Gasteiger partial charge in [-0.25, -0.2) is 0 Å². The maximum atomic E-state index is 12.8. The number of piperidine rings is 1. The summed E-state index contributed by atoms with van der Waals surface area (Å²) >= 11 is 0. The number of nitrogens with zero attached hydrogens (tertiary/aromatic N) is 2. The Hall–Kier alpha value is -1.59. The zero-order valence-corrected chi connectivity index (χ0v) is 14.6. The summed E-state index contributed by atoms with van der Waals surface area (Å²) in [5.74, 6) is 1.66. The Balaban J connectivity index is 1.69. The third-order valence-corrected chi connectivity index (χ3v) is 5.31. The fraction of sp³-hybridized carbons (Fsp3) is 0.632. The summed E-state index contributed by atoms with van der Waals surface area (Å²) in [5.41, 5.74) is 1.03. The monoisotopic (exact) mass is 332 g/mol. The molecule has 0 bridgehead atoms. The van der Waals surface area contributed by atoms with Crippen LogP contribution in [0.1, 0.15) is 37.8 Å². The van der Waals surface area contributed by atoms with Gasteiger partial charge in [0.25, 0.3) is 0 Å². The number of carbonyl (C=O) groups is 1. The summed E-state index contributed by atoms with van der Waals surface area (Å²) in [6.07, 6.45) is 2.46. The highest BCUT2D eigenvalue weighted by Crippen LogP contribution is 2.34. The van der Waals surface area contributed by atoms with Crippen LogP contribution in [-0.2, 0) is 4.79 Å². The highest BCUT2D eigenvalue weighted by atomic mass is 16.5. The van der Waals surface area contributed by atoms with Crippen LogP contribution in [0.2, 0.25) is 0 Å². The number of β-amino-alcohol motifs (C(OH)–C–C–N with tert-alkyl or cyclic N) is 1. The Morgan fingerprint density at radius 3 is 2.79 bits per heavy atom. The minimum atomic E-state index is -0.452. The molecule has 5 heteroatoms. The molecule has 2 atom stereocenters. The lowest BCUT2D eigenvalue weighted by atomic mass is 9.99. The van der Waals surface area contributed by atoms with E-state index in [0.717, 1.165) is 43.2 Å². The topological polar surface area (TPSA) is 53.0 Å². The van der Waals surface area contributed by atoms with Gasteiger partial charge in [0.2, 0.25) is 5.91 Å². The molecule has 0 radical (unpaired) electrons. The number of aliphatic hydroxyl groups is 1. The first-order valence-corrected chi connectivity index (χ1v) is 8.90. The summed E-state index contributed by atoms with van der Waals surface area (Å²) in [4.78, 5) is 16.9. The molecule has 2 unspecified atom stereocenters. The average Bonchev–Trinajstić information content (AvgIpc) is 2.99. The highest BCUT2D eigenvalue weighted by molar-refractivity contribution is 5.79. The van der Waals surface area contributed by atoms with E-state index in [1.807, 2.05) is 29.2 Å². The van der Waals surface area contributed by atoms with Gasteiger partial charge in [-0.05, 0) is 56.0 Å². The van der Waals surface area contributed by atoms with E-state index in [1.165, 1.54) is 0 Å². The molecule has 1 aromatic carbocycles. The van der Waals surface area contributed by atoms with Crippen LogP contribution in [0.15, 0.2) is 24.3 Å². The van der Waals surface area contributed by atoms with E-state index in [1.54, 1.807) is 7.11 Å². The Kier molecular flexibility index (Phi) is 5.41. The molecule has 3 rings (SSSR count). The number of methoxy groups -OCH3 is 1. The van der Waals surface area contributed by atoms with Crippen molar-refractivity contribution in [3.8, 4) is 5.75 Å². The van der Waals surface area contributed by atoms with Gasteiger partial charge < -0.3 is 14.7 Å². The predicted octanol–water partition coefficient (Wildman–Crippen LogP) is 2.06. The molecule has 1 amide bonds. The van der Waals surface area contributed by atoms with Crippen LogP contribution in [0, 0.1) is 5.92 Å². The van der Waals surface area contributed by atoms with Crippen molar-refractivity contribution in [2.75, 3.05) is 33.3 Å². The second-order valence-corrected chi connectivity index (χ2v) is 7.19. The summed E-state index contributed by atoms with van der Waals surface area (Å²) in [6, 6.07) is 7.75. The van der Waals surface area contributed by atoms with Gasteiger partial charge in [-0.15, -0.1) is 0 Å². The minimum absolute atomic E-state index is 0.0636. The quantitative estimate of drug-likeness (QED) is 0.917. The van der Waals surface area contributed by atoms with Gasteiger partial charge in [0, 0.05) is 6.54 Å². The number of rotatable bonds is 4. The van der Waals surface area contributed by atoms with E-state index in [0.29, 0.717) is 19.5 Å².